The summed E-state index contributed by atoms with van der Waals surface area (Å²) >= 11 is 6.00. The van der Waals surface area contributed by atoms with Gasteiger partial charge >= 0.3 is 0 Å². The Labute approximate surface area is 147 Å². The van der Waals surface area contributed by atoms with E-state index in [0.717, 1.165) is 12.0 Å². The van der Waals surface area contributed by atoms with Gasteiger partial charge in [-0.05, 0) is 36.1 Å². The summed E-state index contributed by atoms with van der Waals surface area (Å²) < 4.78 is 0. The molecule has 0 spiro atoms. The maximum atomic E-state index is 12.4. The first-order valence-electron chi connectivity index (χ1n) is 7.91. The molecular formula is C19H21ClN2O2. The summed E-state index contributed by atoms with van der Waals surface area (Å²) in [4.78, 5) is 23.7. The highest BCUT2D eigenvalue weighted by Crippen LogP contribution is 2.28. The lowest BCUT2D eigenvalue weighted by molar-refractivity contribution is -0.117. The summed E-state index contributed by atoms with van der Waals surface area (Å²) in [5.74, 6) is -0.169. The van der Waals surface area contributed by atoms with Crippen molar-refractivity contribution in [1.29, 1.82) is 0 Å². The Morgan fingerprint density at radius 3 is 2.38 bits per heavy atom. The molecule has 2 N–H and O–H groups in total. The number of nitrogens with one attached hydrogen (secondary N) is 2. The van der Waals surface area contributed by atoms with Crippen LogP contribution >= 0.6 is 11.6 Å². The van der Waals surface area contributed by atoms with Crippen LogP contribution in [0.15, 0.2) is 48.5 Å². The number of amides is 2. The maximum Gasteiger partial charge on any atom is 0.225 e. The Balaban J connectivity index is 2.11. The fourth-order valence-electron chi connectivity index (χ4n) is 2.57. The normalized spacial score (nSPS) is 11.6. The minimum absolute atomic E-state index is 0.112. The smallest absolute Gasteiger partial charge is 0.225 e. The van der Waals surface area contributed by atoms with Gasteiger partial charge in [-0.25, -0.2) is 0 Å². The summed E-state index contributed by atoms with van der Waals surface area (Å²) in [6, 6.07) is 14.9. The van der Waals surface area contributed by atoms with E-state index in [1.165, 1.54) is 6.92 Å². The summed E-state index contributed by atoms with van der Waals surface area (Å²) in [5, 5.41) is 6.04. The van der Waals surface area contributed by atoms with E-state index in [9.17, 15) is 9.59 Å². The number of hydrogen-bond acceptors (Lipinski definition) is 2. The lowest BCUT2D eigenvalue weighted by Crippen LogP contribution is -2.17. The summed E-state index contributed by atoms with van der Waals surface area (Å²) in [6.07, 6.45) is 1.23. The zero-order chi connectivity index (χ0) is 17.5. The molecular weight excluding hydrogens is 324 g/mol. The van der Waals surface area contributed by atoms with Crippen LogP contribution in [0.4, 0.5) is 11.4 Å². The predicted octanol–water partition coefficient (Wildman–Crippen LogP) is 4.82. The molecule has 2 rings (SSSR count). The quantitative estimate of drug-likeness (QED) is 0.789. The highest BCUT2D eigenvalue weighted by molar-refractivity contribution is 6.31. The van der Waals surface area contributed by atoms with Crippen molar-refractivity contribution in [1.82, 2.24) is 0 Å². The Morgan fingerprint density at radius 1 is 1.04 bits per heavy atom. The van der Waals surface area contributed by atoms with Gasteiger partial charge in [0.2, 0.25) is 11.8 Å². The van der Waals surface area contributed by atoms with E-state index in [1.807, 2.05) is 30.3 Å². The molecule has 2 aromatic rings. The molecule has 1 unspecified atom stereocenters. The molecule has 0 heterocycles. The third-order valence-corrected chi connectivity index (χ3v) is 4.00. The molecule has 0 aliphatic carbocycles. The Kier molecular flexibility index (Phi) is 6.38. The van der Waals surface area contributed by atoms with Crippen LogP contribution in [0.25, 0.3) is 0 Å². The first kappa shape index (κ1) is 18.0. The molecule has 2 amide bonds. The lowest BCUT2D eigenvalue weighted by Gasteiger charge is -2.16. The van der Waals surface area contributed by atoms with E-state index in [1.54, 1.807) is 18.2 Å². The number of benzene rings is 2. The van der Waals surface area contributed by atoms with Gasteiger partial charge in [0.1, 0.15) is 0 Å². The average Bonchev–Trinajstić information content (AvgIpc) is 2.55. The molecule has 0 radical (unpaired) electrons. The molecule has 2 aromatic carbocycles. The Hall–Kier alpha value is -2.33. The van der Waals surface area contributed by atoms with E-state index in [4.69, 9.17) is 11.6 Å². The van der Waals surface area contributed by atoms with Crippen LogP contribution in [0.1, 0.15) is 38.2 Å². The molecule has 0 aliphatic rings. The van der Waals surface area contributed by atoms with Crippen LogP contribution in [-0.2, 0) is 9.59 Å². The second-order valence-electron chi connectivity index (χ2n) is 5.64. The van der Waals surface area contributed by atoms with E-state index in [0.29, 0.717) is 22.8 Å². The minimum atomic E-state index is -0.205. The van der Waals surface area contributed by atoms with Gasteiger partial charge in [0.05, 0.1) is 11.4 Å². The standard InChI is InChI=1S/C19H21ClN2O2/c1-3-14(15-7-5-4-6-8-15)11-19(24)22-18-12-16(20)9-10-17(18)21-13(2)23/h4-10,12,14H,3,11H2,1-2H3,(H,21,23)(H,22,24). The van der Waals surface area contributed by atoms with Gasteiger partial charge in [-0.3, -0.25) is 9.59 Å². The monoisotopic (exact) mass is 344 g/mol. The highest BCUT2D eigenvalue weighted by atomic mass is 35.5. The van der Waals surface area contributed by atoms with E-state index < -0.39 is 0 Å². The molecule has 0 aromatic heterocycles. The fourth-order valence-corrected chi connectivity index (χ4v) is 2.74. The van der Waals surface area contributed by atoms with Crippen molar-refractivity contribution in [2.75, 3.05) is 10.6 Å². The van der Waals surface area contributed by atoms with Crippen molar-refractivity contribution >= 4 is 34.8 Å². The first-order valence-corrected chi connectivity index (χ1v) is 8.29. The molecule has 0 saturated heterocycles. The van der Waals surface area contributed by atoms with Crippen LogP contribution in [0.3, 0.4) is 0 Å². The number of rotatable bonds is 6. The fraction of sp³-hybridized carbons (Fsp3) is 0.263. The van der Waals surface area contributed by atoms with Gasteiger partial charge in [-0.2, -0.15) is 0 Å². The van der Waals surface area contributed by atoms with Crippen molar-refractivity contribution in [2.45, 2.75) is 32.6 Å². The summed E-state index contributed by atoms with van der Waals surface area (Å²) in [5.41, 5.74) is 2.18. The van der Waals surface area contributed by atoms with Crippen LogP contribution in [-0.4, -0.2) is 11.8 Å². The molecule has 0 aliphatic heterocycles. The number of anilines is 2. The number of carbonyl (C=O) groups excluding carboxylic acids is 2. The summed E-state index contributed by atoms with van der Waals surface area (Å²) in [6.45, 7) is 3.48. The SMILES string of the molecule is CCC(CC(=O)Nc1cc(Cl)ccc1NC(C)=O)c1ccccc1. The average molecular weight is 345 g/mol. The summed E-state index contributed by atoms with van der Waals surface area (Å²) in [7, 11) is 0. The van der Waals surface area contributed by atoms with Crippen molar-refractivity contribution in [2.24, 2.45) is 0 Å². The van der Waals surface area contributed by atoms with Gasteiger partial charge in [-0.15, -0.1) is 0 Å². The van der Waals surface area contributed by atoms with Gasteiger partial charge in [0.25, 0.3) is 0 Å². The number of hydrogen-bond donors (Lipinski definition) is 2. The minimum Gasteiger partial charge on any atom is -0.325 e. The third-order valence-electron chi connectivity index (χ3n) is 3.76. The predicted molar refractivity (Wildman–Crippen MR) is 98.5 cm³/mol. The molecule has 4 nitrogen and oxygen atoms in total. The highest BCUT2D eigenvalue weighted by Gasteiger charge is 2.16. The van der Waals surface area contributed by atoms with Crippen LogP contribution < -0.4 is 10.6 Å². The molecule has 24 heavy (non-hydrogen) atoms. The van der Waals surface area contributed by atoms with Crippen LogP contribution in [0, 0.1) is 0 Å². The lowest BCUT2D eigenvalue weighted by atomic mass is 9.93. The number of halogens is 1. The second kappa shape index (κ2) is 8.50. The molecule has 0 fully saturated rings. The molecule has 0 bridgehead atoms. The van der Waals surface area contributed by atoms with Gasteiger partial charge < -0.3 is 10.6 Å². The third kappa shape index (κ3) is 5.10. The largest absolute Gasteiger partial charge is 0.325 e. The van der Waals surface area contributed by atoms with Crippen molar-refractivity contribution in [3.8, 4) is 0 Å². The Morgan fingerprint density at radius 2 is 1.75 bits per heavy atom. The van der Waals surface area contributed by atoms with Gasteiger partial charge in [0, 0.05) is 18.4 Å². The maximum absolute atomic E-state index is 12.4. The van der Waals surface area contributed by atoms with Gasteiger partial charge in [-0.1, -0.05) is 48.9 Å². The molecule has 126 valence electrons. The number of carbonyl (C=O) groups is 2. The van der Waals surface area contributed by atoms with E-state index >= 15 is 0 Å². The van der Waals surface area contributed by atoms with E-state index in [-0.39, 0.29) is 17.7 Å². The Bertz CT molecular complexity index is 717. The molecule has 1 atom stereocenters. The van der Waals surface area contributed by atoms with Crippen molar-refractivity contribution < 1.29 is 9.59 Å². The first-order chi connectivity index (χ1) is 11.5. The van der Waals surface area contributed by atoms with Crippen molar-refractivity contribution in [3.05, 3.63) is 59.1 Å². The van der Waals surface area contributed by atoms with E-state index in [2.05, 4.69) is 17.6 Å². The van der Waals surface area contributed by atoms with Gasteiger partial charge in [0.15, 0.2) is 0 Å². The van der Waals surface area contributed by atoms with Crippen LogP contribution in [0.2, 0.25) is 5.02 Å². The van der Waals surface area contributed by atoms with Crippen molar-refractivity contribution in [3.63, 3.8) is 0 Å². The van der Waals surface area contributed by atoms with Crippen LogP contribution in [0.5, 0.6) is 0 Å². The molecule has 0 saturated carbocycles. The zero-order valence-corrected chi connectivity index (χ0v) is 14.6. The second-order valence-corrected chi connectivity index (χ2v) is 6.08. The molecule has 5 heteroatoms. The topological polar surface area (TPSA) is 58.2 Å². The zero-order valence-electron chi connectivity index (χ0n) is 13.8.